The maximum Gasteiger partial charge on any atom is 0.257 e. The molecule has 0 spiro atoms. The monoisotopic (exact) mass is 439 g/mol. The summed E-state index contributed by atoms with van der Waals surface area (Å²) in [4.78, 5) is 27.8. The van der Waals surface area contributed by atoms with Crippen LogP contribution in [0.1, 0.15) is 22.3 Å². The second-order valence-corrected chi connectivity index (χ2v) is 7.73. The van der Waals surface area contributed by atoms with Crippen molar-refractivity contribution in [3.63, 3.8) is 0 Å². The predicted octanol–water partition coefficient (Wildman–Crippen LogP) is 2.29. The lowest BCUT2D eigenvalue weighted by Gasteiger charge is -2.29. The molecule has 1 aliphatic rings. The second kappa shape index (κ2) is 9.93. The second-order valence-electron chi connectivity index (χ2n) is 7.73. The molecule has 4 rings (SSSR count). The number of carbonyl (C=O) groups is 1. The lowest BCUT2D eigenvalue weighted by atomic mass is 10.1. The SMILES string of the molecule is O=C(NCc1ccccc1)c1cn(CCCO)c2cc(N3CCOCC3)c(F)cc2c1=O. The number of aliphatic hydroxyl groups excluding tert-OH is 1. The lowest BCUT2D eigenvalue weighted by molar-refractivity contribution is 0.0949. The highest BCUT2D eigenvalue weighted by atomic mass is 19.1. The Labute approximate surface area is 185 Å². The number of ether oxygens (including phenoxy) is 1. The first-order valence-electron chi connectivity index (χ1n) is 10.7. The first-order chi connectivity index (χ1) is 15.6. The molecule has 2 heterocycles. The number of hydrogen-bond donors (Lipinski definition) is 2. The molecular weight excluding hydrogens is 413 g/mol. The molecule has 0 aliphatic carbocycles. The third-order valence-corrected chi connectivity index (χ3v) is 5.60. The van der Waals surface area contributed by atoms with Crippen LogP contribution in [-0.2, 0) is 17.8 Å². The van der Waals surface area contributed by atoms with Gasteiger partial charge < -0.3 is 24.6 Å². The minimum Gasteiger partial charge on any atom is -0.396 e. The molecule has 1 fully saturated rings. The molecule has 0 bridgehead atoms. The summed E-state index contributed by atoms with van der Waals surface area (Å²) in [5.74, 6) is -1.02. The molecule has 32 heavy (non-hydrogen) atoms. The van der Waals surface area contributed by atoms with E-state index < -0.39 is 17.2 Å². The van der Waals surface area contributed by atoms with Gasteiger partial charge in [0.05, 0.1) is 24.4 Å². The number of aromatic nitrogens is 1. The highest BCUT2D eigenvalue weighted by molar-refractivity contribution is 5.97. The van der Waals surface area contributed by atoms with Crippen LogP contribution in [0.2, 0.25) is 0 Å². The molecule has 2 N–H and O–H groups in total. The summed E-state index contributed by atoms with van der Waals surface area (Å²) in [6.45, 7) is 2.76. The van der Waals surface area contributed by atoms with Gasteiger partial charge in [-0.05, 0) is 24.1 Å². The molecule has 0 radical (unpaired) electrons. The number of hydrogen-bond acceptors (Lipinski definition) is 5. The first kappa shape index (κ1) is 22.0. The van der Waals surface area contributed by atoms with Crippen molar-refractivity contribution in [2.24, 2.45) is 0 Å². The summed E-state index contributed by atoms with van der Waals surface area (Å²) in [5.41, 5.74) is 1.27. The third-order valence-electron chi connectivity index (χ3n) is 5.60. The van der Waals surface area contributed by atoms with E-state index in [0.717, 1.165) is 5.56 Å². The molecule has 2 aromatic carbocycles. The van der Waals surface area contributed by atoms with Gasteiger partial charge in [-0.2, -0.15) is 0 Å². The Morgan fingerprint density at radius 3 is 2.62 bits per heavy atom. The Kier molecular flexibility index (Phi) is 6.82. The Balaban J connectivity index is 1.73. The van der Waals surface area contributed by atoms with Crippen molar-refractivity contribution in [1.29, 1.82) is 0 Å². The average molecular weight is 439 g/mol. The van der Waals surface area contributed by atoms with E-state index in [1.165, 1.54) is 12.3 Å². The molecule has 1 aromatic heterocycles. The molecule has 0 saturated carbocycles. The van der Waals surface area contributed by atoms with Crippen molar-refractivity contribution >= 4 is 22.5 Å². The molecule has 8 heteroatoms. The van der Waals surface area contributed by atoms with Crippen LogP contribution in [0.15, 0.2) is 53.5 Å². The van der Waals surface area contributed by atoms with E-state index in [1.807, 2.05) is 35.2 Å². The van der Waals surface area contributed by atoms with Crippen LogP contribution in [0.4, 0.5) is 10.1 Å². The van der Waals surface area contributed by atoms with Gasteiger partial charge in [-0.3, -0.25) is 9.59 Å². The lowest BCUT2D eigenvalue weighted by Crippen LogP contribution is -2.37. The fourth-order valence-corrected chi connectivity index (χ4v) is 3.91. The number of halogens is 1. The van der Waals surface area contributed by atoms with Crippen molar-refractivity contribution in [2.45, 2.75) is 19.5 Å². The van der Waals surface area contributed by atoms with Crippen LogP contribution in [0.3, 0.4) is 0 Å². The van der Waals surface area contributed by atoms with Gasteiger partial charge in [0.25, 0.3) is 5.91 Å². The maximum atomic E-state index is 15.0. The van der Waals surface area contributed by atoms with Gasteiger partial charge in [0.2, 0.25) is 5.43 Å². The van der Waals surface area contributed by atoms with Gasteiger partial charge in [-0.15, -0.1) is 0 Å². The average Bonchev–Trinajstić information content (AvgIpc) is 2.83. The van der Waals surface area contributed by atoms with Crippen LogP contribution in [0.5, 0.6) is 0 Å². The predicted molar refractivity (Wildman–Crippen MR) is 121 cm³/mol. The molecule has 3 aromatic rings. The van der Waals surface area contributed by atoms with Gasteiger partial charge in [-0.25, -0.2) is 4.39 Å². The minimum absolute atomic E-state index is 0.0410. The summed E-state index contributed by atoms with van der Waals surface area (Å²) in [5, 5.41) is 12.2. The number of morpholine rings is 1. The fourth-order valence-electron chi connectivity index (χ4n) is 3.91. The molecule has 0 atom stereocenters. The number of anilines is 1. The fraction of sp³-hybridized carbons (Fsp3) is 0.333. The van der Waals surface area contributed by atoms with Crippen molar-refractivity contribution in [2.75, 3.05) is 37.8 Å². The Hall–Kier alpha value is -3.23. The van der Waals surface area contributed by atoms with E-state index in [9.17, 15) is 19.1 Å². The van der Waals surface area contributed by atoms with E-state index in [1.54, 1.807) is 10.6 Å². The zero-order chi connectivity index (χ0) is 22.5. The van der Waals surface area contributed by atoms with Crippen LogP contribution in [-0.4, -0.2) is 48.5 Å². The summed E-state index contributed by atoms with van der Waals surface area (Å²) in [6, 6.07) is 12.2. The van der Waals surface area contributed by atoms with Gasteiger partial charge >= 0.3 is 0 Å². The molecule has 1 saturated heterocycles. The number of aliphatic hydroxyl groups is 1. The van der Waals surface area contributed by atoms with E-state index >= 15 is 0 Å². The molecule has 0 unspecified atom stereocenters. The van der Waals surface area contributed by atoms with Gasteiger partial charge in [-0.1, -0.05) is 30.3 Å². The number of pyridine rings is 1. The van der Waals surface area contributed by atoms with Crippen molar-refractivity contribution in [3.8, 4) is 0 Å². The molecular formula is C24H26FN3O4. The standard InChI is InChI=1S/C24H26FN3O4/c25-20-13-18-21(14-22(20)27-8-11-32-12-9-27)28(7-4-10-29)16-19(23(18)30)24(31)26-15-17-5-2-1-3-6-17/h1-3,5-6,13-14,16,29H,4,7-12,15H2,(H,26,31). The van der Waals surface area contributed by atoms with Crippen LogP contribution < -0.4 is 15.6 Å². The Morgan fingerprint density at radius 1 is 1.16 bits per heavy atom. The molecule has 1 aliphatic heterocycles. The van der Waals surface area contributed by atoms with Gasteiger partial charge in [0, 0.05) is 44.4 Å². The third kappa shape index (κ3) is 4.66. The number of aryl methyl sites for hydroxylation is 1. The quantitative estimate of drug-likeness (QED) is 0.590. The van der Waals surface area contributed by atoms with Crippen molar-refractivity contribution < 1.29 is 19.0 Å². The van der Waals surface area contributed by atoms with E-state index in [4.69, 9.17) is 4.74 Å². The summed E-state index contributed by atoms with van der Waals surface area (Å²) in [7, 11) is 0. The zero-order valence-electron chi connectivity index (χ0n) is 17.7. The summed E-state index contributed by atoms with van der Waals surface area (Å²) >= 11 is 0. The number of benzene rings is 2. The van der Waals surface area contributed by atoms with Crippen molar-refractivity contribution in [3.05, 3.63) is 75.8 Å². The Morgan fingerprint density at radius 2 is 1.91 bits per heavy atom. The van der Waals surface area contributed by atoms with Gasteiger partial charge in [0.1, 0.15) is 11.4 Å². The molecule has 7 nitrogen and oxygen atoms in total. The molecule has 168 valence electrons. The number of nitrogens with one attached hydrogen (secondary N) is 1. The summed E-state index contributed by atoms with van der Waals surface area (Å²) < 4.78 is 22.1. The Bertz CT molecular complexity index is 1160. The van der Waals surface area contributed by atoms with Crippen molar-refractivity contribution in [1.82, 2.24) is 9.88 Å². The molecule has 1 amide bonds. The smallest absolute Gasteiger partial charge is 0.257 e. The number of fused-ring (bicyclic) bond motifs is 1. The largest absolute Gasteiger partial charge is 0.396 e. The van der Waals surface area contributed by atoms with Crippen LogP contribution in [0, 0.1) is 5.82 Å². The normalized spacial score (nSPS) is 14.0. The van der Waals surface area contributed by atoms with E-state index in [-0.39, 0.29) is 24.1 Å². The minimum atomic E-state index is -0.517. The number of rotatable bonds is 7. The van der Waals surface area contributed by atoms with Crippen LogP contribution in [0.25, 0.3) is 10.9 Å². The topological polar surface area (TPSA) is 83.8 Å². The highest BCUT2D eigenvalue weighted by Crippen LogP contribution is 2.26. The zero-order valence-corrected chi connectivity index (χ0v) is 17.7. The number of amides is 1. The number of nitrogens with zero attached hydrogens (tertiary/aromatic N) is 2. The maximum absolute atomic E-state index is 15.0. The van der Waals surface area contributed by atoms with Gasteiger partial charge in [0.15, 0.2) is 0 Å². The first-order valence-corrected chi connectivity index (χ1v) is 10.7. The van der Waals surface area contributed by atoms with E-state index in [0.29, 0.717) is 50.5 Å². The highest BCUT2D eigenvalue weighted by Gasteiger charge is 2.21. The summed E-state index contributed by atoms with van der Waals surface area (Å²) in [6.07, 6.45) is 1.94. The van der Waals surface area contributed by atoms with E-state index in [2.05, 4.69) is 5.32 Å². The van der Waals surface area contributed by atoms with Crippen LogP contribution >= 0.6 is 0 Å². The number of carbonyl (C=O) groups excluding carboxylic acids is 1.